The highest BCUT2D eigenvalue weighted by Gasteiger charge is 2.19. The number of rotatable bonds is 5. The maximum absolute atomic E-state index is 13.7. The smallest absolute Gasteiger partial charge is 0.130 e. The summed E-state index contributed by atoms with van der Waals surface area (Å²) < 4.78 is 32.1. The SMILES string of the molecule is CNC(CCC1CCCO1)c1ccc(F)cc1F. The molecule has 0 amide bonds. The molecule has 1 heterocycles. The average molecular weight is 255 g/mol. The lowest BCUT2D eigenvalue weighted by Crippen LogP contribution is -2.20. The van der Waals surface area contributed by atoms with Gasteiger partial charge in [0.15, 0.2) is 0 Å². The van der Waals surface area contributed by atoms with Gasteiger partial charge in [-0.1, -0.05) is 6.07 Å². The first-order valence-corrected chi connectivity index (χ1v) is 6.44. The summed E-state index contributed by atoms with van der Waals surface area (Å²) in [5.74, 6) is -1.02. The van der Waals surface area contributed by atoms with Gasteiger partial charge in [-0.25, -0.2) is 8.78 Å². The van der Waals surface area contributed by atoms with Crippen LogP contribution in [0, 0.1) is 11.6 Å². The maximum atomic E-state index is 13.7. The molecule has 1 saturated heterocycles. The Balaban J connectivity index is 1.98. The van der Waals surface area contributed by atoms with Crippen LogP contribution in [0.1, 0.15) is 37.3 Å². The molecule has 0 bridgehead atoms. The molecule has 1 aliphatic heterocycles. The van der Waals surface area contributed by atoms with Crippen molar-refractivity contribution in [3.05, 3.63) is 35.4 Å². The van der Waals surface area contributed by atoms with Crippen LogP contribution in [-0.2, 0) is 4.74 Å². The van der Waals surface area contributed by atoms with Crippen molar-refractivity contribution in [1.29, 1.82) is 0 Å². The van der Waals surface area contributed by atoms with Gasteiger partial charge in [0.25, 0.3) is 0 Å². The van der Waals surface area contributed by atoms with Crippen molar-refractivity contribution < 1.29 is 13.5 Å². The van der Waals surface area contributed by atoms with Gasteiger partial charge in [-0.2, -0.15) is 0 Å². The van der Waals surface area contributed by atoms with E-state index in [1.165, 1.54) is 12.1 Å². The monoisotopic (exact) mass is 255 g/mol. The summed E-state index contributed by atoms with van der Waals surface area (Å²) in [6, 6.07) is 3.66. The van der Waals surface area contributed by atoms with E-state index in [4.69, 9.17) is 4.74 Å². The van der Waals surface area contributed by atoms with Gasteiger partial charge in [-0.05, 0) is 38.8 Å². The van der Waals surface area contributed by atoms with Gasteiger partial charge in [-0.15, -0.1) is 0 Å². The lowest BCUT2D eigenvalue weighted by atomic mass is 9.99. The topological polar surface area (TPSA) is 21.3 Å². The van der Waals surface area contributed by atoms with Crippen LogP contribution in [0.2, 0.25) is 0 Å². The first kappa shape index (κ1) is 13.4. The van der Waals surface area contributed by atoms with Crippen molar-refractivity contribution in [3.63, 3.8) is 0 Å². The summed E-state index contributed by atoms with van der Waals surface area (Å²) in [5.41, 5.74) is 0.525. The second kappa shape index (κ2) is 6.25. The van der Waals surface area contributed by atoms with Crippen LogP contribution < -0.4 is 5.32 Å². The van der Waals surface area contributed by atoms with Crippen LogP contribution in [0.15, 0.2) is 18.2 Å². The summed E-state index contributed by atoms with van der Waals surface area (Å²) in [7, 11) is 1.79. The Morgan fingerprint density at radius 2 is 2.28 bits per heavy atom. The minimum Gasteiger partial charge on any atom is -0.378 e. The maximum Gasteiger partial charge on any atom is 0.130 e. The molecule has 0 aromatic heterocycles. The summed E-state index contributed by atoms with van der Waals surface area (Å²) in [6.45, 7) is 0.833. The van der Waals surface area contributed by atoms with Crippen molar-refractivity contribution in [2.45, 2.75) is 37.8 Å². The standard InChI is InChI=1S/C14H19F2NO/c1-17-14(7-5-11-3-2-8-18-11)12-6-4-10(15)9-13(12)16/h4,6,9,11,14,17H,2-3,5,7-8H2,1H3. The van der Waals surface area contributed by atoms with E-state index in [2.05, 4.69) is 5.32 Å². The number of hydrogen-bond acceptors (Lipinski definition) is 2. The van der Waals surface area contributed by atoms with Crippen LogP contribution in [0.25, 0.3) is 0 Å². The van der Waals surface area contributed by atoms with Crippen molar-refractivity contribution in [1.82, 2.24) is 5.32 Å². The van der Waals surface area contributed by atoms with Crippen LogP contribution in [0.5, 0.6) is 0 Å². The zero-order chi connectivity index (χ0) is 13.0. The summed E-state index contributed by atoms with van der Waals surface area (Å²) in [5, 5.41) is 3.08. The highest BCUT2D eigenvalue weighted by atomic mass is 19.1. The van der Waals surface area contributed by atoms with Gasteiger partial charge >= 0.3 is 0 Å². The highest BCUT2D eigenvalue weighted by molar-refractivity contribution is 5.22. The number of ether oxygens (including phenoxy) is 1. The van der Waals surface area contributed by atoms with E-state index in [0.29, 0.717) is 11.7 Å². The minimum atomic E-state index is -0.537. The van der Waals surface area contributed by atoms with Gasteiger partial charge < -0.3 is 10.1 Å². The molecule has 2 atom stereocenters. The van der Waals surface area contributed by atoms with Gasteiger partial charge in [0, 0.05) is 24.3 Å². The Morgan fingerprint density at radius 1 is 1.44 bits per heavy atom. The fourth-order valence-corrected chi connectivity index (χ4v) is 2.46. The van der Waals surface area contributed by atoms with E-state index < -0.39 is 11.6 Å². The van der Waals surface area contributed by atoms with Crippen LogP contribution in [-0.4, -0.2) is 19.8 Å². The molecule has 0 spiro atoms. The lowest BCUT2D eigenvalue weighted by molar-refractivity contribution is 0.0997. The van der Waals surface area contributed by atoms with Crippen LogP contribution >= 0.6 is 0 Å². The van der Waals surface area contributed by atoms with Crippen LogP contribution in [0.4, 0.5) is 8.78 Å². The second-order valence-electron chi connectivity index (χ2n) is 4.72. The normalized spacial score (nSPS) is 21.2. The lowest BCUT2D eigenvalue weighted by Gasteiger charge is -2.19. The molecule has 4 heteroatoms. The molecule has 0 aliphatic carbocycles. The molecule has 18 heavy (non-hydrogen) atoms. The molecule has 1 aromatic carbocycles. The Morgan fingerprint density at radius 3 is 2.89 bits per heavy atom. The zero-order valence-electron chi connectivity index (χ0n) is 10.6. The largest absolute Gasteiger partial charge is 0.378 e. The van der Waals surface area contributed by atoms with E-state index in [-0.39, 0.29) is 6.04 Å². The summed E-state index contributed by atoms with van der Waals surface area (Å²) in [4.78, 5) is 0. The molecule has 2 nitrogen and oxygen atoms in total. The van der Waals surface area contributed by atoms with E-state index in [1.54, 1.807) is 7.05 Å². The minimum absolute atomic E-state index is 0.0881. The summed E-state index contributed by atoms with van der Waals surface area (Å²) in [6.07, 6.45) is 4.19. The fraction of sp³-hybridized carbons (Fsp3) is 0.571. The average Bonchev–Trinajstić information content (AvgIpc) is 2.85. The molecule has 1 aromatic rings. The highest BCUT2D eigenvalue weighted by Crippen LogP contribution is 2.25. The molecule has 2 rings (SSSR count). The molecule has 100 valence electrons. The third kappa shape index (κ3) is 3.27. The zero-order valence-corrected chi connectivity index (χ0v) is 10.6. The fourth-order valence-electron chi connectivity index (χ4n) is 2.46. The van der Waals surface area contributed by atoms with E-state index in [0.717, 1.165) is 38.4 Å². The molecule has 2 unspecified atom stereocenters. The third-order valence-corrected chi connectivity index (χ3v) is 3.49. The van der Waals surface area contributed by atoms with Crippen molar-refractivity contribution >= 4 is 0 Å². The predicted molar refractivity (Wildman–Crippen MR) is 66.4 cm³/mol. The molecular weight excluding hydrogens is 236 g/mol. The van der Waals surface area contributed by atoms with E-state index >= 15 is 0 Å². The van der Waals surface area contributed by atoms with Crippen molar-refractivity contribution in [2.75, 3.05) is 13.7 Å². The Bertz CT molecular complexity index is 391. The molecule has 1 aliphatic rings. The number of hydrogen-bond donors (Lipinski definition) is 1. The predicted octanol–water partition coefficient (Wildman–Crippen LogP) is 3.18. The van der Waals surface area contributed by atoms with E-state index in [1.807, 2.05) is 0 Å². The van der Waals surface area contributed by atoms with Gasteiger partial charge in [0.05, 0.1) is 6.10 Å². The van der Waals surface area contributed by atoms with Gasteiger partial charge in [0.1, 0.15) is 11.6 Å². The number of nitrogens with one attached hydrogen (secondary N) is 1. The molecule has 1 N–H and O–H groups in total. The first-order chi connectivity index (χ1) is 8.70. The number of halogens is 2. The Hall–Kier alpha value is -1.00. The molecular formula is C14H19F2NO. The number of benzene rings is 1. The van der Waals surface area contributed by atoms with Crippen molar-refractivity contribution in [2.24, 2.45) is 0 Å². The Kier molecular flexibility index (Phi) is 4.66. The van der Waals surface area contributed by atoms with Crippen molar-refractivity contribution in [3.8, 4) is 0 Å². The molecule has 0 radical (unpaired) electrons. The summed E-state index contributed by atoms with van der Waals surface area (Å²) >= 11 is 0. The molecule has 1 fully saturated rings. The quantitative estimate of drug-likeness (QED) is 0.872. The molecule has 0 saturated carbocycles. The van der Waals surface area contributed by atoms with Gasteiger partial charge in [0.2, 0.25) is 0 Å². The van der Waals surface area contributed by atoms with E-state index in [9.17, 15) is 8.78 Å². The van der Waals surface area contributed by atoms with Gasteiger partial charge in [-0.3, -0.25) is 0 Å². The first-order valence-electron chi connectivity index (χ1n) is 6.44. The van der Waals surface area contributed by atoms with Crippen LogP contribution in [0.3, 0.4) is 0 Å². The second-order valence-corrected chi connectivity index (χ2v) is 4.72. The Labute approximate surface area is 106 Å². The third-order valence-electron chi connectivity index (χ3n) is 3.49.